The fraction of sp³-hybridized carbons (Fsp3) is 0.182. The Balaban J connectivity index is 2.86. The molecule has 0 aliphatic rings. The highest BCUT2D eigenvalue weighted by atomic mass is 16.1. The SMILES string of the molecule is Cc1nc2ccccc2c(=O)n1CC#N. The molecule has 4 nitrogen and oxygen atoms in total. The number of hydrogen-bond acceptors (Lipinski definition) is 3. The van der Waals surface area contributed by atoms with Crippen molar-refractivity contribution in [1.29, 1.82) is 5.26 Å². The predicted molar refractivity (Wildman–Crippen MR) is 56.4 cm³/mol. The quantitative estimate of drug-likeness (QED) is 0.694. The standard InChI is InChI=1S/C11H9N3O/c1-8-13-10-5-3-2-4-9(10)11(15)14(8)7-6-12/h2-5H,7H2,1H3. The number of aromatic nitrogens is 2. The average Bonchev–Trinajstić information content (AvgIpc) is 2.24. The van der Waals surface area contributed by atoms with Gasteiger partial charge in [-0.2, -0.15) is 5.26 Å². The largest absolute Gasteiger partial charge is 0.282 e. The molecule has 0 unspecified atom stereocenters. The van der Waals surface area contributed by atoms with E-state index in [-0.39, 0.29) is 12.1 Å². The first-order valence-corrected chi connectivity index (χ1v) is 4.57. The van der Waals surface area contributed by atoms with Crippen LogP contribution in [0.15, 0.2) is 29.1 Å². The average molecular weight is 199 g/mol. The summed E-state index contributed by atoms with van der Waals surface area (Å²) in [7, 11) is 0. The lowest BCUT2D eigenvalue weighted by molar-refractivity contribution is 0.736. The van der Waals surface area contributed by atoms with Gasteiger partial charge in [-0.05, 0) is 19.1 Å². The minimum atomic E-state index is -0.153. The smallest absolute Gasteiger partial charge is 0.262 e. The Hall–Kier alpha value is -2.15. The lowest BCUT2D eigenvalue weighted by Gasteiger charge is -2.06. The van der Waals surface area contributed by atoms with Gasteiger partial charge in [-0.1, -0.05) is 12.1 Å². The van der Waals surface area contributed by atoms with E-state index in [1.54, 1.807) is 25.1 Å². The second kappa shape index (κ2) is 3.54. The maximum Gasteiger partial charge on any atom is 0.262 e. The maximum atomic E-state index is 11.9. The molecule has 0 N–H and O–H groups in total. The summed E-state index contributed by atoms with van der Waals surface area (Å²) in [6.45, 7) is 1.77. The van der Waals surface area contributed by atoms with Gasteiger partial charge < -0.3 is 0 Å². The lowest BCUT2D eigenvalue weighted by atomic mass is 10.2. The van der Waals surface area contributed by atoms with E-state index in [0.717, 1.165) is 0 Å². The Bertz CT molecular complexity index is 607. The third-order valence-electron chi connectivity index (χ3n) is 2.28. The first-order valence-electron chi connectivity index (χ1n) is 4.57. The van der Waals surface area contributed by atoms with Crippen LogP contribution in [0.5, 0.6) is 0 Å². The van der Waals surface area contributed by atoms with Crippen LogP contribution in [0.3, 0.4) is 0 Å². The van der Waals surface area contributed by atoms with E-state index in [0.29, 0.717) is 16.7 Å². The molecule has 2 aromatic rings. The molecular weight excluding hydrogens is 190 g/mol. The first kappa shape index (κ1) is 9.41. The van der Waals surface area contributed by atoms with Gasteiger partial charge in [-0.3, -0.25) is 9.36 Å². The van der Waals surface area contributed by atoms with Crippen molar-refractivity contribution in [3.05, 3.63) is 40.4 Å². The van der Waals surface area contributed by atoms with Gasteiger partial charge in [-0.25, -0.2) is 4.98 Å². The lowest BCUT2D eigenvalue weighted by Crippen LogP contribution is -2.23. The molecule has 15 heavy (non-hydrogen) atoms. The minimum Gasteiger partial charge on any atom is -0.282 e. The maximum absolute atomic E-state index is 11.9. The van der Waals surface area contributed by atoms with Crippen molar-refractivity contribution >= 4 is 10.9 Å². The molecule has 0 bridgehead atoms. The van der Waals surface area contributed by atoms with E-state index in [4.69, 9.17) is 5.26 Å². The van der Waals surface area contributed by atoms with Crippen LogP contribution in [0.1, 0.15) is 5.82 Å². The van der Waals surface area contributed by atoms with E-state index < -0.39 is 0 Å². The molecule has 0 fully saturated rings. The van der Waals surface area contributed by atoms with Crippen molar-refractivity contribution in [2.24, 2.45) is 0 Å². The molecule has 1 aromatic carbocycles. The molecule has 1 aromatic heterocycles. The molecular formula is C11H9N3O. The van der Waals surface area contributed by atoms with Gasteiger partial charge in [-0.15, -0.1) is 0 Å². The Morgan fingerprint density at radius 3 is 2.93 bits per heavy atom. The van der Waals surface area contributed by atoms with Crippen molar-refractivity contribution < 1.29 is 0 Å². The van der Waals surface area contributed by atoms with Crippen molar-refractivity contribution in [1.82, 2.24) is 9.55 Å². The summed E-state index contributed by atoms with van der Waals surface area (Å²) in [5, 5.41) is 9.16. The number of hydrogen-bond donors (Lipinski definition) is 0. The van der Waals surface area contributed by atoms with Crippen molar-refractivity contribution in [3.63, 3.8) is 0 Å². The van der Waals surface area contributed by atoms with Gasteiger partial charge in [0.2, 0.25) is 0 Å². The zero-order chi connectivity index (χ0) is 10.8. The number of rotatable bonds is 1. The third-order valence-corrected chi connectivity index (χ3v) is 2.28. The van der Waals surface area contributed by atoms with E-state index in [1.165, 1.54) is 4.57 Å². The molecule has 74 valence electrons. The van der Waals surface area contributed by atoms with Gasteiger partial charge in [0.05, 0.1) is 17.0 Å². The Morgan fingerprint density at radius 1 is 1.47 bits per heavy atom. The van der Waals surface area contributed by atoms with Crippen LogP contribution in [0, 0.1) is 18.3 Å². The molecule has 0 atom stereocenters. The van der Waals surface area contributed by atoms with Crippen molar-refractivity contribution in [3.8, 4) is 6.07 Å². The van der Waals surface area contributed by atoms with E-state index in [1.807, 2.05) is 12.1 Å². The van der Waals surface area contributed by atoms with E-state index >= 15 is 0 Å². The number of nitrogens with zero attached hydrogens (tertiary/aromatic N) is 3. The zero-order valence-electron chi connectivity index (χ0n) is 8.27. The molecule has 1 heterocycles. The molecule has 0 spiro atoms. The van der Waals surface area contributed by atoms with E-state index in [2.05, 4.69) is 4.98 Å². The summed E-state index contributed by atoms with van der Waals surface area (Å²) in [5.41, 5.74) is 0.522. The van der Waals surface area contributed by atoms with Crippen LogP contribution in [-0.2, 0) is 6.54 Å². The van der Waals surface area contributed by atoms with Gasteiger partial charge in [0.25, 0.3) is 5.56 Å². The zero-order valence-corrected chi connectivity index (χ0v) is 8.27. The van der Waals surface area contributed by atoms with Gasteiger partial charge >= 0.3 is 0 Å². The molecule has 0 amide bonds. The van der Waals surface area contributed by atoms with Crippen LogP contribution in [0.2, 0.25) is 0 Å². The molecule has 4 heteroatoms. The molecule has 0 saturated carbocycles. The van der Waals surface area contributed by atoms with Crippen LogP contribution < -0.4 is 5.56 Å². The van der Waals surface area contributed by atoms with E-state index in [9.17, 15) is 4.79 Å². The summed E-state index contributed by atoms with van der Waals surface area (Å²) in [6, 6.07) is 9.09. The number of fused-ring (bicyclic) bond motifs is 1. The highest BCUT2D eigenvalue weighted by Gasteiger charge is 2.06. The summed E-state index contributed by atoms with van der Waals surface area (Å²) in [4.78, 5) is 16.2. The fourth-order valence-corrected chi connectivity index (χ4v) is 1.54. The molecule has 0 saturated heterocycles. The summed E-state index contributed by atoms with van der Waals surface area (Å²) < 4.78 is 1.38. The molecule has 0 aliphatic carbocycles. The first-order chi connectivity index (χ1) is 7.24. The highest BCUT2D eigenvalue weighted by Crippen LogP contribution is 2.06. The van der Waals surface area contributed by atoms with Crippen molar-refractivity contribution in [2.45, 2.75) is 13.5 Å². The normalized spacial score (nSPS) is 10.1. The predicted octanol–water partition coefficient (Wildman–Crippen LogP) is 1.23. The van der Waals surface area contributed by atoms with Crippen molar-refractivity contribution in [2.75, 3.05) is 0 Å². The van der Waals surface area contributed by atoms with Crippen LogP contribution in [-0.4, -0.2) is 9.55 Å². The number of para-hydroxylation sites is 1. The Labute approximate surface area is 86.4 Å². The Kier molecular flexibility index (Phi) is 2.22. The minimum absolute atomic E-state index is 0.0441. The molecule has 2 rings (SSSR count). The second-order valence-electron chi connectivity index (χ2n) is 3.23. The number of benzene rings is 1. The summed E-state index contributed by atoms with van der Waals surface area (Å²) in [6.07, 6.45) is 0. The topological polar surface area (TPSA) is 58.7 Å². The molecule has 0 radical (unpaired) electrons. The summed E-state index contributed by atoms with van der Waals surface area (Å²) >= 11 is 0. The van der Waals surface area contributed by atoms with Crippen LogP contribution >= 0.6 is 0 Å². The second-order valence-corrected chi connectivity index (χ2v) is 3.23. The van der Waals surface area contributed by atoms with Gasteiger partial charge in [0, 0.05) is 0 Å². The Morgan fingerprint density at radius 2 is 2.20 bits per heavy atom. The fourth-order valence-electron chi connectivity index (χ4n) is 1.54. The van der Waals surface area contributed by atoms with Gasteiger partial charge in [0.1, 0.15) is 12.4 Å². The van der Waals surface area contributed by atoms with Crippen LogP contribution in [0.4, 0.5) is 0 Å². The number of aryl methyl sites for hydroxylation is 1. The highest BCUT2D eigenvalue weighted by molar-refractivity contribution is 5.77. The third kappa shape index (κ3) is 1.48. The monoisotopic (exact) mass is 199 g/mol. The van der Waals surface area contributed by atoms with Gasteiger partial charge in [0.15, 0.2) is 0 Å². The summed E-state index contributed by atoms with van der Waals surface area (Å²) in [5.74, 6) is 0.570. The van der Waals surface area contributed by atoms with Crippen LogP contribution in [0.25, 0.3) is 10.9 Å². The number of nitriles is 1. The molecule has 0 aliphatic heterocycles.